The predicted molar refractivity (Wildman–Crippen MR) is 91.5 cm³/mol. The van der Waals surface area contributed by atoms with E-state index in [1.165, 1.54) is 11.1 Å². The molecule has 2 amide bonds. The fourth-order valence-corrected chi connectivity index (χ4v) is 2.69. The molecule has 0 bridgehead atoms. The second-order valence-corrected chi connectivity index (χ2v) is 6.04. The quantitative estimate of drug-likeness (QED) is 0.850. The first-order chi connectivity index (χ1) is 11.5. The van der Waals surface area contributed by atoms with E-state index in [9.17, 15) is 9.59 Å². The van der Waals surface area contributed by atoms with Crippen LogP contribution in [0.1, 0.15) is 16.7 Å². The first kappa shape index (κ1) is 16.1. The number of aryl methyl sites for hydroxylation is 2. The summed E-state index contributed by atoms with van der Waals surface area (Å²) in [4.78, 5) is 22.8. The molecule has 0 radical (unpaired) electrons. The number of benzene rings is 2. The van der Waals surface area contributed by atoms with Gasteiger partial charge in [-0.25, -0.2) is 4.79 Å². The molecule has 5 nitrogen and oxygen atoms in total. The van der Waals surface area contributed by atoms with Crippen LogP contribution < -0.4 is 10.6 Å². The van der Waals surface area contributed by atoms with Crippen LogP contribution in [0.15, 0.2) is 42.5 Å². The Morgan fingerprint density at radius 2 is 2.08 bits per heavy atom. The third-order valence-corrected chi connectivity index (χ3v) is 4.08. The molecule has 5 heteroatoms. The predicted octanol–water partition coefficient (Wildman–Crippen LogP) is 2.70. The molecule has 24 heavy (non-hydrogen) atoms. The lowest BCUT2D eigenvalue weighted by Gasteiger charge is -2.26. The molecule has 0 unspecified atom stereocenters. The highest BCUT2D eigenvalue weighted by Gasteiger charge is 2.29. The molecular formula is C19H20N2O3. The highest BCUT2D eigenvalue weighted by Crippen LogP contribution is 2.25. The van der Waals surface area contributed by atoms with Crippen LogP contribution in [-0.4, -0.2) is 24.6 Å². The van der Waals surface area contributed by atoms with Crippen molar-refractivity contribution >= 4 is 12.0 Å². The fourth-order valence-electron chi connectivity index (χ4n) is 2.69. The zero-order chi connectivity index (χ0) is 17.1. The van der Waals surface area contributed by atoms with Crippen molar-refractivity contribution in [2.75, 3.05) is 6.54 Å². The summed E-state index contributed by atoms with van der Waals surface area (Å²) in [6.45, 7) is 4.75. The number of rotatable bonds is 4. The van der Waals surface area contributed by atoms with Gasteiger partial charge in [-0.15, -0.1) is 0 Å². The van der Waals surface area contributed by atoms with Gasteiger partial charge in [-0.1, -0.05) is 48.0 Å². The largest absolute Gasteiger partial charge is 0.445 e. The van der Waals surface area contributed by atoms with Crippen LogP contribution in [0.5, 0.6) is 0 Å². The van der Waals surface area contributed by atoms with Gasteiger partial charge in [-0.05, 0) is 36.1 Å². The Balaban J connectivity index is 1.62. The molecule has 0 aromatic heterocycles. The lowest BCUT2D eigenvalue weighted by Crippen LogP contribution is -2.61. The molecule has 1 saturated heterocycles. The number of ether oxygens (including phenoxy) is 1. The minimum atomic E-state index is -0.574. The molecule has 2 aromatic rings. The third-order valence-electron chi connectivity index (χ3n) is 4.08. The van der Waals surface area contributed by atoms with Crippen molar-refractivity contribution < 1.29 is 14.3 Å². The maximum Gasteiger partial charge on any atom is 0.408 e. The Labute approximate surface area is 141 Å². The summed E-state index contributed by atoms with van der Waals surface area (Å²) in [6.07, 6.45) is -0.574. The maximum atomic E-state index is 11.7. The van der Waals surface area contributed by atoms with Crippen molar-refractivity contribution in [3.05, 3.63) is 59.2 Å². The summed E-state index contributed by atoms with van der Waals surface area (Å²) in [5.74, 6) is -0.176. The molecule has 3 rings (SSSR count). The molecule has 1 heterocycles. The number of carbonyl (C=O) groups excluding carboxylic acids is 2. The van der Waals surface area contributed by atoms with Crippen LogP contribution >= 0.6 is 0 Å². The SMILES string of the molecule is Cc1cccc(-c2ccc(COC(=O)N[C@H]3CNC3=O)cc2C)c1. The summed E-state index contributed by atoms with van der Waals surface area (Å²) in [6, 6.07) is 13.9. The van der Waals surface area contributed by atoms with Crippen LogP contribution in [-0.2, 0) is 16.1 Å². The molecule has 2 N–H and O–H groups in total. The molecule has 1 aliphatic heterocycles. The van der Waals surface area contributed by atoms with E-state index in [2.05, 4.69) is 35.8 Å². The van der Waals surface area contributed by atoms with Crippen molar-refractivity contribution in [2.24, 2.45) is 0 Å². The zero-order valence-electron chi connectivity index (χ0n) is 13.8. The Morgan fingerprint density at radius 3 is 2.71 bits per heavy atom. The Hall–Kier alpha value is -2.82. The highest BCUT2D eigenvalue weighted by atomic mass is 16.5. The van der Waals surface area contributed by atoms with Crippen LogP contribution in [0.4, 0.5) is 4.79 Å². The Bertz CT molecular complexity index is 786. The van der Waals surface area contributed by atoms with E-state index >= 15 is 0 Å². The molecule has 1 fully saturated rings. The zero-order valence-corrected chi connectivity index (χ0v) is 13.8. The van der Waals surface area contributed by atoms with Gasteiger partial charge in [-0.2, -0.15) is 0 Å². The molecule has 0 saturated carbocycles. The number of carbonyl (C=O) groups is 2. The van der Waals surface area contributed by atoms with E-state index in [0.717, 1.165) is 16.7 Å². The van der Waals surface area contributed by atoms with E-state index in [1.54, 1.807) is 0 Å². The molecular weight excluding hydrogens is 304 g/mol. The van der Waals surface area contributed by atoms with Crippen LogP contribution in [0.3, 0.4) is 0 Å². The van der Waals surface area contributed by atoms with Crippen molar-refractivity contribution in [2.45, 2.75) is 26.5 Å². The monoisotopic (exact) mass is 324 g/mol. The van der Waals surface area contributed by atoms with Gasteiger partial charge in [0.15, 0.2) is 0 Å². The van der Waals surface area contributed by atoms with Crippen LogP contribution in [0.25, 0.3) is 11.1 Å². The summed E-state index contributed by atoms with van der Waals surface area (Å²) in [5, 5.41) is 5.08. The maximum absolute atomic E-state index is 11.7. The van der Waals surface area contributed by atoms with E-state index in [-0.39, 0.29) is 12.5 Å². The number of hydrogen-bond donors (Lipinski definition) is 2. The van der Waals surface area contributed by atoms with Gasteiger partial charge < -0.3 is 15.4 Å². The van der Waals surface area contributed by atoms with Gasteiger partial charge in [0.1, 0.15) is 12.6 Å². The molecule has 0 aliphatic carbocycles. The molecule has 0 spiro atoms. The van der Waals surface area contributed by atoms with Gasteiger partial charge >= 0.3 is 6.09 Å². The normalized spacial score (nSPS) is 16.1. The van der Waals surface area contributed by atoms with Crippen molar-refractivity contribution in [1.82, 2.24) is 10.6 Å². The van der Waals surface area contributed by atoms with Crippen LogP contribution in [0, 0.1) is 13.8 Å². The Morgan fingerprint density at radius 1 is 1.25 bits per heavy atom. The first-order valence-electron chi connectivity index (χ1n) is 7.90. The number of hydrogen-bond acceptors (Lipinski definition) is 3. The summed E-state index contributed by atoms with van der Waals surface area (Å²) >= 11 is 0. The van der Waals surface area contributed by atoms with Crippen LogP contribution in [0.2, 0.25) is 0 Å². The lowest BCUT2D eigenvalue weighted by atomic mass is 9.97. The van der Waals surface area contributed by atoms with Crippen molar-refractivity contribution in [3.63, 3.8) is 0 Å². The van der Waals surface area contributed by atoms with E-state index in [1.807, 2.05) is 31.2 Å². The van der Waals surface area contributed by atoms with Gasteiger partial charge in [0.05, 0.1) is 0 Å². The molecule has 1 aliphatic rings. The number of β-lactam (4-membered cyclic amide) rings is 1. The summed E-state index contributed by atoms with van der Waals surface area (Å²) in [5.41, 5.74) is 5.60. The molecule has 2 aromatic carbocycles. The van der Waals surface area contributed by atoms with E-state index < -0.39 is 12.1 Å². The fraction of sp³-hybridized carbons (Fsp3) is 0.263. The summed E-state index contributed by atoms with van der Waals surface area (Å²) in [7, 11) is 0. The third kappa shape index (κ3) is 3.56. The van der Waals surface area contributed by atoms with Gasteiger partial charge in [-0.3, -0.25) is 4.79 Å². The smallest absolute Gasteiger partial charge is 0.408 e. The summed E-state index contributed by atoms with van der Waals surface area (Å²) < 4.78 is 5.17. The van der Waals surface area contributed by atoms with E-state index in [0.29, 0.717) is 6.54 Å². The van der Waals surface area contributed by atoms with Gasteiger partial charge in [0.25, 0.3) is 0 Å². The molecule has 124 valence electrons. The standard InChI is InChI=1S/C19H20N2O3/c1-12-4-3-5-15(8-12)16-7-6-14(9-13(16)2)11-24-19(23)21-17-10-20-18(17)22/h3-9,17H,10-11H2,1-2H3,(H,20,22)(H,21,23)/t17-/m0/s1. The van der Waals surface area contributed by atoms with Crippen molar-refractivity contribution in [3.8, 4) is 11.1 Å². The number of nitrogens with one attached hydrogen (secondary N) is 2. The Kier molecular flexibility index (Phi) is 4.51. The number of alkyl carbamates (subject to hydrolysis) is 1. The second kappa shape index (κ2) is 6.74. The average molecular weight is 324 g/mol. The topological polar surface area (TPSA) is 67.4 Å². The minimum absolute atomic E-state index is 0.176. The minimum Gasteiger partial charge on any atom is -0.445 e. The molecule has 1 atom stereocenters. The first-order valence-corrected chi connectivity index (χ1v) is 7.90. The second-order valence-electron chi connectivity index (χ2n) is 6.04. The lowest BCUT2D eigenvalue weighted by molar-refractivity contribution is -0.128. The number of amides is 2. The van der Waals surface area contributed by atoms with Crippen molar-refractivity contribution in [1.29, 1.82) is 0 Å². The van der Waals surface area contributed by atoms with Gasteiger partial charge in [0.2, 0.25) is 5.91 Å². The highest BCUT2D eigenvalue weighted by molar-refractivity contribution is 5.90. The van der Waals surface area contributed by atoms with Gasteiger partial charge in [0, 0.05) is 6.54 Å². The van der Waals surface area contributed by atoms with E-state index in [4.69, 9.17) is 4.74 Å². The average Bonchev–Trinajstić information content (AvgIpc) is 2.56.